The number of fused-ring (bicyclic) bond motifs is 1. The van der Waals surface area contributed by atoms with E-state index in [-0.39, 0.29) is 28.7 Å². The first-order valence-corrected chi connectivity index (χ1v) is 9.27. The molecule has 0 radical (unpaired) electrons. The highest BCUT2D eigenvalue weighted by atomic mass is 19.1. The Labute approximate surface area is 168 Å². The van der Waals surface area contributed by atoms with Crippen LogP contribution in [0.25, 0.3) is 10.9 Å². The molecule has 0 saturated carbocycles. The lowest BCUT2D eigenvalue weighted by Crippen LogP contribution is -2.41. The Morgan fingerprint density at radius 2 is 1.97 bits per heavy atom. The summed E-state index contributed by atoms with van der Waals surface area (Å²) in [4.78, 5) is 20.3. The molecular formula is C21H25FN6O. The number of rotatable bonds is 6. The Bertz CT molecular complexity index is 1050. The Morgan fingerprint density at radius 1 is 1.21 bits per heavy atom. The van der Waals surface area contributed by atoms with Gasteiger partial charge in [0.2, 0.25) is 0 Å². The number of nitrogens with one attached hydrogen (secondary N) is 2. The summed E-state index contributed by atoms with van der Waals surface area (Å²) >= 11 is 0. The van der Waals surface area contributed by atoms with Crippen LogP contribution in [0.4, 0.5) is 21.7 Å². The van der Waals surface area contributed by atoms with E-state index in [0.717, 1.165) is 17.0 Å². The van der Waals surface area contributed by atoms with Gasteiger partial charge in [-0.25, -0.2) is 9.37 Å². The third kappa shape index (κ3) is 4.78. The molecule has 6 N–H and O–H groups in total. The molecule has 3 rings (SSSR count). The zero-order chi connectivity index (χ0) is 21.2. The van der Waals surface area contributed by atoms with Crippen LogP contribution < -0.4 is 22.1 Å². The van der Waals surface area contributed by atoms with E-state index in [4.69, 9.17) is 11.5 Å². The molecule has 0 saturated heterocycles. The summed E-state index contributed by atoms with van der Waals surface area (Å²) in [5, 5.41) is 6.89. The second-order valence-electron chi connectivity index (χ2n) is 7.97. The number of anilines is 3. The van der Waals surface area contributed by atoms with Crippen LogP contribution in [0, 0.1) is 11.2 Å². The molecule has 1 atom stereocenters. The highest BCUT2D eigenvalue weighted by Gasteiger charge is 2.22. The van der Waals surface area contributed by atoms with Crippen LogP contribution in [0.5, 0.6) is 0 Å². The fraction of sp³-hybridized carbons (Fsp3) is 0.286. The number of pyridine rings is 2. The maximum absolute atomic E-state index is 14.5. The molecule has 0 aliphatic rings. The summed E-state index contributed by atoms with van der Waals surface area (Å²) in [5.74, 6) is -1.29. The van der Waals surface area contributed by atoms with Crippen molar-refractivity contribution >= 4 is 34.1 Å². The molecule has 1 aromatic carbocycles. The first-order valence-electron chi connectivity index (χ1n) is 9.27. The molecule has 0 spiro atoms. The number of hydrogen-bond acceptors (Lipinski definition) is 6. The normalized spacial score (nSPS) is 12.6. The second-order valence-corrected chi connectivity index (χ2v) is 7.97. The third-order valence-corrected chi connectivity index (χ3v) is 4.71. The van der Waals surface area contributed by atoms with E-state index in [9.17, 15) is 9.18 Å². The minimum absolute atomic E-state index is 0.000319. The fourth-order valence-electron chi connectivity index (χ4n) is 2.70. The molecule has 152 valence electrons. The lowest BCUT2D eigenvalue weighted by atomic mass is 9.87. The number of nitrogens with two attached hydrogens (primary N) is 2. The first kappa shape index (κ1) is 20.5. The van der Waals surface area contributed by atoms with Crippen LogP contribution in [0.15, 0.2) is 42.6 Å². The van der Waals surface area contributed by atoms with Gasteiger partial charge < -0.3 is 22.1 Å². The highest BCUT2D eigenvalue weighted by molar-refractivity contribution is 5.99. The number of benzene rings is 1. The molecule has 7 nitrogen and oxygen atoms in total. The van der Waals surface area contributed by atoms with Crippen molar-refractivity contribution in [1.82, 2.24) is 9.97 Å². The van der Waals surface area contributed by atoms with E-state index in [1.807, 2.05) is 45.0 Å². The molecule has 2 aromatic heterocycles. The van der Waals surface area contributed by atoms with E-state index in [1.54, 1.807) is 12.3 Å². The van der Waals surface area contributed by atoms with Gasteiger partial charge in [0.25, 0.3) is 5.91 Å². The van der Waals surface area contributed by atoms with Crippen molar-refractivity contribution in [2.75, 3.05) is 17.2 Å². The second kappa shape index (κ2) is 8.00. The van der Waals surface area contributed by atoms with Gasteiger partial charge in [-0.3, -0.25) is 9.78 Å². The maximum atomic E-state index is 14.5. The Balaban J connectivity index is 1.91. The predicted octanol–water partition coefficient (Wildman–Crippen LogP) is 3.40. The molecule has 8 heteroatoms. The van der Waals surface area contributed by atoms with Crippen LogP contribution in [0.3, 0.4) is 0 Å². The van der Waals surface area contributed by atoms with Crippen LogP contribution in [-0.4, -0.2) is 28.5 Å². The van der Waals surface area contributed by atoms with E-state index < -0.39 is 11.7 Å². The van der Waals surface area contributed by atoms with Gasteiger partial charge in [-0.1, -0.05) is 26.8 Å². The Hall–Kier alpha value is -3.26. The summed E-state index contributed by atoms with van der Waals surface area (Å²) in [6, 6.07) is 10.1. The van der Waals surface area contributed by atoms with Crippen LogP contribution in [0.2, 0.25) is 0 Å². The van der Waals surface area contributed by atoms with E-state index in [1.165, 1.54) is 0 Å². The minimum Gasteiger partial charge on any atom is -0.366 e. The SMILES string of the molecule is CC(C)(C)[C@H](N)CNc1nc(Nc2ccc3ncccc3c2)c(C(N)=O)cc1F. The molecule has 2 heterocycles. The van der Waals surface area contributed by atoms with Crippen molar-refractivity contribution in [2.24, 2.45) is 16.9 Å². The van der Waals surface area contributed by atoms with Crippen molar-refractivity contribution in [3.05, 3.63) is 54.0 Å². The standard InChI is InChI=1S/C21H25FN6O/c1-21(2,3)17(23)11-26-20-15(22)10-14(18(24)29)19(28-20)27-13-6-7-16-12(9-13)5-4-8-25-16/h4-10,17H,11,23H2,1-3H3,(H2,24,29)(H2,26,27,28)/t17-/m1/s1. The molecule has 0 fully saturated rings. The zero-order valence-electron chi connectivity index (χ0n) is 16.7. The first-order chi connectivity index (χ1) is 13.6. The summed E-state index contributed by atoms with van der Waals surface area (Å²) in [6.07, 6.45) is 1.71. The average molecular weight is 396 g/mol. The number of halogens is 1. The smallest absolute Gasteiger partial charge is 0.252 e. The molecule has 0 aliphatic heterocycles. The maximum Gasteiger partial charge on any atom is 0.252 e. The molecular weight excluding hydrogens is 371 g/mol. The third-order valence-electron chi connectivity index (χ3n) is 4.71. The number of carbonyl (C=O) groups is 1. The molecule has 0 unspecified atom stereocenters. The zero-order valence-corrected chi connectivity index (χ0v) is 16.7. The molecule has 0 aliphatic carbocycles. The number of amides is 1. The minimum atomic E-state index is -0.778. The van der Waals surface area contributed by atoms with Crippen molar-refractivity contribution in [2.45, 2.75) is 26.8 Å². The van der Waals surface area contributed by atoms with Gasteiger partial charge in [-0.2, -0.15) is 0 Å². The largest absolute Gasteiger partial charge is 0.366 e. The highest BCUT2D eigenvalue weighted by Crippen LogP contribution is 2.26. The number of hydrogen-bond donors (Lipinski definition) is 4. The summed E-state index contributed by atoms with van der Waals surface area (Å²) in [5.41, 5.74) is 12.9. The van der Waals surface area contributed by atoms with Gasteiger partial charge in [0.1, 0.15) is 5.82 Å². The average Bonchev–Trinajstić information content (AvgIpc) is 2.66. The van der Waals surface area contributed by atoms with Crippen molar-refractivity contribution < 1.29 is 9.18 Å². The molecule has 29 heavy (non-hydrogen) atoms. The van der Waals surface area contributed by atoms with E-state index in [0.29, 0.717) is 12.2 Å². The van der Waals surface area contributed by atoms with Gasteiger partial charge in [-0.15, -0.1) is 0 Å². The predicted molar refractivity (Wildman–Crippen MR) is 114 cm³/mol. The lowest BCUT2D eigenvalue weighted by molar-refractivity contribution is 0.100. The molecule has 0 bridgehead atoms. The van der Waals surface area contributed by atoms with Gasteiger partial charge in [0.15, 0.2) is 11.6 Å². The van der Waals surface area contributed by atoms with Crippen LogP contribution in [-0.2, 0) is 0 Å². The Kier molecular flexibility index (Phi) is 5.65. The van der Waals surface area contributed by atoms with Gasteiger partial charge in [0.05, 0.1) is 11.1 Å². The number of nitrogens with zero attached hydrogens (tertiary/aromatic N) is 2. The van der Waals surface area contributed by atoms with Gasteiger partial charge in [0, 0.05) is 29.9 Å². The molecule has 1 amide bonds. The summed E-state index contributed by atoms with van der Waals surface area (Å²) in [7, 11) is 0. The van der Waals surface area contributed by atoms with Crippen molar-refractivity contribution in [3.63, 3.8) is 0 Å². The van der Waals surface area contributed by atoms with Crippen molar-refractivity contribution in [3.8, 4) is 0 Å². The van der Waals surface area contributed by atoms with Crippen LogP contribution >= 0.6 is 0 Å². The number of carbonyl (C=O) groups excluding carboxylic acids is 1. The lowest BCUT2D eigenvalue weighted by Gasteiger charge is -2.27. The molecule has 3 aromatic rings. The summed E-state index contributed by atoms with van der Waals surface area (Å²) < 4.78 is 14.5. The van der Waals surface area contributed by atoms with Crippen molar-refractivity contribution in [1.29, 1.82) is 0 Å². The number of primary amides is 1. The fourth-order valence-corrected chi connectivity index (χ4v) is 2.70. The van der Waals surface area contributed by atoms with Gasteiger partial charge >= 0.3 is 0 Å². The topological polar surface area (TPSA) is 119 Å². The van der Waals surface area contributed by atoms with Crippen LogP contribution in [0.1, 0.15) is 31.1 Å². The van der Waals surface area contributed by atoms with E-state index >= 15 is 0 Å². The summed E-state index contributed by atoms with van der Waals surface area (Å²) in [6.45, 7) is 6.33. The van der Waals surface area contributed by atoms with E-state index in [2.05, 4.69) is 20.6 Å². The quantitative estimate of drug-likeness (QED) is 0.507. The van der Waals surface area contributed by atoms with Gasteiger partial charge in [-0.05, 0) is 35.7 Å². The Morgan fingerprint density at radius 3 is 2.66 bits per heavy atom. The monoisotopic (exact) mass is 396 g/mol. The number of aromatic nitrogens is 2.